The van der Waals surface area contributed by atoms with Crippen molar-refractivity contribution in [3.05, 3.63) is 52.5 Å². The number of carbonyl (C=O) groups excluding carboxylic acids is 1. The third-order valence-corrected chi connectivity index (χ3v) is 6.58. The Labute approximate surface area is 182 Å². The zero-order chi connectivity index (χ0) is 21.7. The van der Waals surface area contributed by atoms with Gasteiger partial charge in [0.2, 0.25) is 10.0 Å². The molecule has 3 rings (SSSR count). The van der Waals surface area contributed by atoms with E-state index in [9.17, 15) is 13.2 Å². The molecule has 0 saturated carbocycles. The molecular weight excluding hydrogens is 428 g/mol. The van der Waals surface area contributed by atoms with Crippen LogP contribution in [0.4, 0.5) is 0 Å². The van der Waals surface area contributed by atoms with Gasteiger partial charge in [-0.1, -0.05) is 11.6 Å². The Bertz CT molecular complexity index is 1000. The van der Waals surface area contributed by atoms with E-state index >= 15 is 0 Å². The summed E-state index contributed by atoms with van der Waals surface area (Å²) in [5.74, 6) is 0.971. The van der Waals surface area contributed by atoms with E-state index in [0.717, 1.165) is 5.56 Å². The summed E-state index contributed by atoms with van der Waals surface area (Å²) < 4.78 is 38.8. The Kier molecular flexibility index (Phi) is 7.23. The summed E-state index contributed by atoms with van der Waals surface area (Å²) in [5, 5.41) is 0.443. The molecular formula is C21H25ClN2O5S. The maximum atomic E-state index is 12.6. The highest BCUT2D eigenvalue weighted by Gasteiger charge is 2.19. The highest BCUT2D eigenvalue weighted by atomic mass is 35.5. The molecule has 0 fully saturated rings. The molecule has 162 valence electrons. The van der Waals surface area contributed by atoms with E-state index in [1.807, 2.05) is 19.9 Å². The van der Waals surface area contributed by atoms with Gasteiger partial charge >= 0.3 is 0 Å². The predicted molar refractivity (Wildman–Crippen MR) is 115 cm³/mol. The molecule has 0 unspecified atom stereocenters. The van der Waals surface area contributed by atoms with Crippen LogP contribution in [0.5, 0.6) is 11.5 Å². The van der Waals surface area contributed by atoms with Gasteiger partial charge in [0.1, 0.15) is 13.2 Å². The number of hydrogen-bond donors (Lipinski definition) is 1. The number of hydrogen-bond acceptors (Lipinski definition) is 5. The van der Waals surface area contributed by atoms with Gasteiger partial charge in [-0.25, -0.2) is 13.1 Å². The van der Waals surface area contributed by atoms with Gasteiger partial charge in [-0.15, -0.1) is 0 Å². The minimum absolute atomic E-state index is 0.110. The van der Waals surface area contributed by atoms with Crippen molar-refractivity contribution in [2.45, 2.75) is 25.2 Å². The largest absolute Gasteiger partial charge is 0.486 e. The number of amides is 1. The molecule has 1 amide bonds. The summed E-state index contributed by atoms with van der Waals surface area (Å²) in [6, 6.07) is 9.52. The molecule has 2 aromatic rings. The van der Waals surface area contributed by atoms with Gasteiger partial charge in [0, 0.05) is 25.2 Å². The number of halogens is 1. The number of sulfonamides is 1. The van der Waals surface area contributed by atoms with Crippen LogP contribution >= 0.6 is 11.6 Å². The Balaban J connectivity index is 1.63. The molecule has 2 aromatic carbocycles. The van der Waals surface area contributed by atoms with Crippen molar-refractivity contribution in [1.29, 1.82) is 0 Å². The molecule has 0 spiro atoms. The topological polar surface area (TPSA) is 84.9 Å². The first-order chi connectivity index (χ1) is 14.4. The standard InChI is InChI=1S/C21H25ClN2O5S/c1-3-24(4-2)21(25)16-5-7-17(8-6-16)30(26,27)23-10-9-15-13-18(22)20-19(14-15)28-11-12-29-20/h5-8,13-14,23H,3-4,9-12H2,1-2H3. The van der Waals surface area contributed by atoms with Crippen LogP contribution in [-0.2, 0) is 16.4 Å². The number of carbonyl (C=O) groups is 1. The summed E-state index contributed by atoms with van der Waals surface area (Å²) >= 11 is 6.22. The molecule has 7 nitrogen and oxygen atoms in total. The molecule has 1 N–H and O–H groups in total. The second kappa shape index (κ2) is 9.68. The highest BCUT2D eigenvalue weighted by Crippen LogP contribution is 2.38. The fourth-order valence-electron chi connectivity index (χ4n) is 3.19. The fourth-order valence-corrected chi connectivity index (χ4v) is 4.51. The zero-order valence-electron chi connectivity index (χ0n) is 17.0. The van der Waals surface area contributed by atoms with Crippen molar-refractivity contribution in [3.8, 4) is 11.5 Å². The number of fused-ring (bicyclic) bond motifs is 1. The summed E-state index contributed by atoms with van der Waals surface area (Å²) in [4.78, 5) is 14.1. The second-order valence-electron chi connectivity index (χ2n) is 6.75. The number of nitrogens with zero attached hydrogens (tertiary/aromatic N) is 1. The van der Waals surface area contributed by atoms with Gasteiger partial charge in [0.05, 0.1) is 9.92 Å². The quantitative estimate of drug-likeness (QED) is 0.665. The highest BCUT2D eigenvalue weighted by molar-refractivity contribution is 7.89. The van der Waals surface area contributed by atoms with Crippen LogP contribution in [0.25, 0.3) is 0 Å². The average Bonchev–Trinajstić information content (AvgIpc) is 2.74. The van der Waals surface area contributed by atoms with E-state index in [2.05, 4.69) is 4.72 Å². The van der Waals surface area contributed by atoms with Gasteiger partial charge in [0.25, 0.3) is 5.91 Å². The van der Waals surface area contributed by atoms with Gasteiger partial charge in [-0.3, -0.25) is 4.79 Å². The normalized spacial score (nSPS) is 13.2. The smallest absolute Gasteiger partial charge is 0.253 e. The molecule has 1 aliphatic rings. The second-order valence-corrected chi connectivity index (χ2v) is 8.93. The van der Waals surface area contributed by atoms with E-state index in [1.165, 1.54) is 24.3 Å². The minimum Gasteiger partial charge on any atom is -0.486 e. The first-order valence-corrected chi connectivity index (χ1v) is 11.7. The third kappa shape index (κ3) is 5.06. The summed E-state index contributed by atoms with van der Waals surface area (Å²) in [6.07, 6.45) is 0.439. The average molecular weight is 453 g/mol. The van der Waals surface area contributed by atoms with Crippen molar-refractivity contribution in [2.24, 2.45) is 0 Å². The molecule has 0 saturated heterocycles. The number of nitrogens with one attached hydrogen (secondary N) is 1. The van der Waals surface area contributed by atoms with Crippen LogP contribution in [0, 0.1) is 0 Å². The zero-order valence-corrected chi connectivity index (χ0v) is 18.6. The minimum atomic E-state index is -3.70. The van der Waals surface area contributed by atoms with Crippen LogP contribution < -0.4 is 14.2 Å². The molecule has 0 aromatic heterocycles. The maximum Gasteiger partial charge on any atom is 0.253 e. The lowest BCUT2D eigenvalue weighted by molar-refractivity contribution is 0.0773. The van der Waals surface area contributed by atoms with E-state index in [1.54, 1.807) is 11.0 Å². The number of rotatable bonds is 8. The van der Waals surface area contributed by atoms with Crippen molar-refractivity contribution >= 4 is 27.5 Å². The maximum absolute atomic E-state index is 12.6. The van der Waals surface area contributed by atoms with Gasteiger partial charge < -0.3 is 14.4 Å². The van der Waals surface area contributed by atoms with Gasteiger partial charge in [-0.05, 0) is 62.2 Å². The lowest BCUT2D eigenvalue weighted by Gasteiger charge is -2.20. The lowest BCUT2D eigenvalue weighted by atomic mass is 10.1. The molecule has 1 aliphatic heterocycles. The van der Waals surface area contributed by atoms with Crippen molar-refractivity contribution in [2.75, 3.05) is 32.8 Å². The Hall–Kier alpha value is -2.29. The summed E-state index contributed by atoms with van der Waals surface area (Å²) in [5.41, 5.74) is 1.30. The molecule has 0 radical (unpaired) electrons. The van der Waals surface area contributed by atoms with Crippen LogP contribution in [-0.4, -0.2) is 52.1 Å². The van der Waals surface area contributed by atoms with E-state index < -0.39 is 10.0 Å². The summed E-state index contributed by atoms with van der Waals surface area (Å²) in [6.45, 7) is 6.09. The first-order valence-electron chi connectivity index (χ1n) is 9.82. The summed E-state index contributed by atoms with van der Waals surface area (Å²) in [7, 11) is -3.70. The molecule has 9 heteroatoms. The molecule has 0 atom stereocenters. The number of benzene rings is 2. The van der Waals surface area contributed by atoms with Gasteiger partial charge in [-0.2, -0.15) is 0 Å². The SMILES string of the molecule is CCN(CC)C(=O)c1ccc(S(=O)(=O)NCCc2cc(Cl)c3c(c2)OCCO3)cc1. The monoisotopic (exact) mass is 452 g/mol. The molecule has 0 bridgehead atoms. The predicted octanol–water partition coefficient (Wildman–Crippen LogP) is 3.11. The van der Waals surface area contributed by atoms with Crippen LogP contribution in [0.3, 0.4) is 0 Å². The Morgan fingerprint density at radius 1 is 1.10 bits per heavy atom. The van der Waals surface area contributed by atoms with Crippen LogP contribution in [0.2, 0.25) is 5.02 Å². The van der Waals surface area contributed by atoms with E-state index in [4.69, 9.17) is 21.1 Å². The van der Waals surface area contributed by atoms with Crippen molar-refractivity contribution < 1.29 is 22.7 Å². The van der Waals surface area contributed by atoms with Crippen LogP contribution in [0.1, 0.15) is 29.8 Å². The van der Waals surface area contributed by atoms with Crippen molar-refractivity contribution in [1.82, 2.24) is 9.62 Å². The Morgan fingerprint density at radius 2 is 1.77 bits per heavy atom. The number of ether oxygens (including phenoxy) is 2. The first kappa shape index (κ1) is 22.4. The van der Waals surface area contributed by atoms with Crippen molar-refractivity contribution in [3.63, 3.8) is 0 Å². The molecule has 0 aliphatic carbocycles. The Morgan fingerprint density at radius 3 is 2.43 bits per heavy atom. The molecule has 1 heterocycles. The van der Waals surface area contributed by atoms with Crippen LogP contribution in [0.15, 0.2) is 41.3 Å². The van der Waals surface area contributed by atoms with Gasteiger partial charge in [0.15, 0.2) is 11.5 Å². The fraction of sp³-hybridized carbons (Fsp3) is 0.381. The van der Waals surface area contributed by atoms with E-state index in [0.29, 0.717) is 54.8 Å². The third-order valence-electron chi connectivity index (χ3n) is 4.82. The molecule has 30 heavy (non-hydrogen) atoms. The van der Waals surface area contributed by atoms with E-state index in [-0.39, 0.29) is 17.3 Å². The lowest BCUT2D eigenvalue weighted by Crippen LogP contribution is -2.30.